The second-order valence-electron chi connectivity index (χ2n) is 4.53. The zero-order chi connectivity index (χ0) is 14.7. The summed E-state index contributed by atoms with van der Waals surface area (Å²) < 4.78 is 1.17. The van der Waals surface area contributed by atoms with Crippen LogP contribution in [0.2, 0.25) is 0 Å². The summed E-state index contributed by atoms with van der Waals surface area (Å²) in [5, 5.41) is 22.1. The highest BCUT2D eigenvalue weighted by molar-refractivity contribution is 5.44. The summed E-state index contributed by atoms with van der Waals surface area (Å²) in [7, 11) is 0. The number of hydrogen-bond donors (Lipinski definition) is 2. The summed E-state index contributed by atoms with van der Waals surface area (Å²) in [4.78, 5) is 12.2. The van der Waals surface area contributed by atoms with Gasteiger partial charge in [0, 0.05) is 11.8 Å². The first-order valence-electron chi connectivity index (χ1n) is 6.21. The van der Waals surface area contributed by atoms with Crippen LogP contribution < -0.4 is 10.9 Å². The maximum atomic E-state index is 12.2. The van der Waals surface area contributed by atoms with Gasteiger partial charge in [0.15, 0.2) is 5.88 Å². The highest BCUT2D eigenvalue weighted by Gasteiger charge is 2.16. The Bertz CT molecular complexity index is 714. The molecule has 102 valence electrons. The molecule has 0 bridgehead atoms. The largest absolute Gasteiger partial charge is 0.494 e. The third-order valence-corrected chi connectivity index (χ3v) is 3.07. The fraction of sp³-hybridized carbons (Fsp3) is 0.200. The van der Waals surface area contributed by atoms with Gasteiger partial charge >= 0.3 is 0 Å². The number of hydrogen-bond acceptors (Lipinski definition) is 4. The molecule has 0 spiro atoms. The number of nitrogens with zero attached hydrogens (tertiary/aromatic N) is 2. The molecule has 0 aliphatic heterocycles. The molecule has 5 heteroatoms. The van der Waals surface area contributed by atoms with Crippen molar-refractivity contribution in [3.05, 3.63) is 57.9 Å². The molecule has 1 aromatic heterocycles. The van der Waals surface area contributed by atoms with E-state index >= 15 is 0 Å². The zero-order valence-electron chi connectivity index (χ0n) is 11.3. The molecule has 2 N–H and O–H groups in total. The molecule has 0 saturated heterocycles. The predicted molar refractivity (Wildman–Crippen MR) is 76.6 cm³/mol. The van der Waals surface area contributed by atoms with Crippen LogP contribution in [0.25, 0.3) is 0 Å². The Morgan fingerprint density at radius 1 is 1.35 bits per heavy atom. The second kappa shape index (κ2) is 5.49. The number of anilines is 1. The molecule has 2 aromatic rings. The fourth-order valence-electron chi connectivity index (χ4n) is 2.08. The summed E-state index contributed by atoms with van der Waals surface area (Å²) >= 11 is 0. The molecule has 20 heavy (non-hydrogen) atoms. The lowest BCUT2D eigenvalue weighted by atomic mass is 10.1. The van der Waals surface area contributed by atoms with Crippen molar-refractivity contribution in [1.29, 1.82) is 5.26 Å². The van der Waals surface area contributed by atoms with Gasteiger partial charge in [0.1, 0.15) is 17.8 Å². The highest BCUT2D eigenvalue weighted by Crippen LogP contribution is 2.19. The van der Waals surface area contributed by atoms with E-state index in [9.17, 15) is 9.90 Å². The van der Waals surface area contributed by atoms with E-state index in [0.29, 0.717) is 5.56 Å². The van der Waals surface area contributed by atoms with Gasteiger partial charge in [-0.25, -0.2) is 0 Å². The van der Waals surface area contributed by atoms with Crippen LogP contribution in [0, 0.1) is 18.3 Å². The molecule has 0 radical (unpaired) electrons. The van der Waals surface area contributed by atoms with Crippen molar-refractivity contribution in [3.8, 4) is 11.9 Å². The molecule has 1 heterocycles. The summed E-state index contributed by atoms with van der Waals surface area (Å²) in [6.45, 7) is 3.36. The molecule has 1 unspecified atom stereocenters. The number of aromatic hydroxyl groups is 1. The van der Waals surface area contributed by atoms with Crippen LogP contribution in [0.1, 0.15) is 24.2 Å². The van der Waals surface area contributed by atoms with Crippen LogP contribution in [-0.2, 0) is 0 Å². The number of nitriles is 1. The minimum Gasteiger partial charge on any atom is -0.494 e. The fourth-order valence-corrected chi connectivity index (χ4v) is 2.08. The van der Waals surface area contributed by atoms with Crippen LogP contribution in [0.15, 0.2) is 41.2 Å². The van der Waals surface area contributed by atoms with E-state index in [2.05, 4.69) is 5.32 Å². The Morgan fingerprint density at radius 3 is 2.60 bits per heavy atom. The van der Waals surface area contributed by atoms with E-state index in [4.69, 9.17) is 5.26 Å². The number of rotatable bonds is 3. The van der Waals surface area contributed by atoms with Gasteiger partial charge in [-0.2, -0.15) is 5.26 Å². The SMILES string of the molecule is Cc1cc(O)n(C(C)Nc2ccccc2)c(=O)c1C#N. The number of para-hydroxylation sites is 1. The standard InChI is InChI=1S/C15H15N3O2/c1-10-8-14(19)18(15(20)13(10)9-16)11(2)17-12-6-4-3-5-7-12/h3-8,11,17,19H,1-2H3. The Labute approximate surface area is 116 Å². The molecule has 1 atom stereocenters. The van der Waals surface area contributed by atoms with Gasteiger partial charge < -0.3 is 10.4 Å². The number of pyridine rings is 1. The van der Waals surface area contributed by atoms with E-state index < -0.39 is 11.7 Å². The van der Waals surface area contributed by atoms with Gasteiger partial charge in [-0.3, -0.25) is 9.36 Å². The maximum absolute atomic E-state index is 12.2. The molecule has 5 nitrogen and oxygen atoms in total. The molecule has 0 saturated carbocycles. The lowest BCUT2D eigenvalue weighted by molar-refractivity contribution is 0.390. The highest BCUT2D eigenvalue weighted by atomic mass is 16.3. The van der Waals surface area contributed by atoms with Gasteiger partial charge in [0.25, 0.3) is 5.56 Å². The maximum Gasteiger partial charge on any atom is 0.273 e. The first-order chi connectivity index (χ1) is 9.54. The van der Waals surface area contributed by atoms with E-state index in [1.807, 2.05) is 36.4 Å². The van der Waals surface area contributed by atoms with Crippen molar-refractivity contribution in [3.63, 3.8) is 0 Å². The Balaban J connectivity index is 2.43. The van der Waals surface area contributed by atoms with E-state index in [1.165, 1.54) is 10.6 Å². The van der Waals surface area contributed by atoms with Gasteiger partial charge in [-0.15, -0.1) is 0 Å². The predicted octanol–water partition coefficient (Wildman–Crippen LogP) is 2.36. The smallest absolute Gasteiger partial charge is 0.273 e. The quantitative estimate of drug-likeness (QED) is 0.896. The van der Waals surface area contributed by atoms with E-state index in [0.717, 1.165) is 5.69 Å². The molecule has 0 fully saturated rings. The van der Waals surface area contributed by atoms with Crippen LogP contribution >= 0.6 is 0 Å². The molecule has 2 rings (SSSR count). The van der Waals surface area contributed by atoms with Crippen LogP contribution in [0.4, 0.5) is 5.69 Å². The summed E-state index contributed by atoms with van der Waals surface area (Å²) in [5.74, 6) is -0.164. The lowest BCUT2D eigenvalue weighted by Gasteiger charge is -2.20. The average molecular weight is 269 g/mol. The third kappa shape index (κ3) is 2.50. The molecule has 0 aliphatic rings. The Morgan fingerprint density at radius 2 is 2.00 bits per heavy atom. The van der Waals surface area contributed by atoms with Crippen molar-refractivity contribution in [2.45, 2.75) is 20.0 Å². The Kier molecular flexibility index (Phi) is 3.76. The third-order valence-electron chi connectivity index (χ3n) is 3.07. The molecule has 1 aromatic carbocycles. The van der Waals surface area contributed by atoms with Gasteiger partial charge in [-0.05, 0) is 31.5 Å². The number of aryl methyl sites for hydroxylation is 1. The minimum absolute atomic E-state index is 0.0458. The number of nitrogens with one attached hydrogen (secondary N) is 1. The summed E-state index contributed by atoms with van der Waals surface area (Å²) in [6.07, 6.45) is -0.474. The van der Waals surface area contributed by atoms with Crippen molar-refractivity contribution < 1.29 is 5.11 Å². The summed E-state index contributed by atoms with van der Waals surface area (Å²) in [6, 6.07) is 12.6. The normalized spacial score (nSPS) is 11.7. The average Bonchev–Trinajstić information content (AvgIpc) is 2.39. The lowest BCUT2D eigenvalue weighted by Crippen LogP contribution is -2.29. The van der Waals surface area contributed by atoms with Gasteiger partial charge in [-0.1, -0.05) is 18.2 Å². The van der Waals surface area contributed by atoms with Crippen molar-refractivity contribution in [1.82, 2.24) is 4.57 Å². The second-order valence-corrected chi connectivity index (χ2v) is 4.53. The van der Waals surface area contributed by atoms with Crippen molar-refractivity contribution >= 4 is 5.69 Å². The minimum atomic E-state index is -0.499. The van der Waals surface area contributed by atoms with E-state index in [1.54, 1.807) is 13.8 Å². The molecule has 0 aliphatic carbocycles. The molecule has 0 amide bonds. The Hall–Kier alpha value is -2.74. The van der Waals surface area contributed by atoms with Crippen LogP contribution in [0.5, 0.6) is 5.88 Å². The van der Waals surface area contributed by atoms with Crippen LogP contribution in [0.3, 0.4) is 0 Å². The van der Waals surface area contributed by atoms with Gasteiger partial charge in [0.05, 0.1) is 0 Å². The molecular formula is C15H15N3O2. The molecular weight excluding hydrogens is 254 g/mol. The van der Waals surface area contributed by atoms with Crippen molar-refractivity contribution in [2.24, 2.45) is 0 Å². The number of benzene rings is 1. The topological polar surface area (TPSA) is 78.0 Å². The van der Waals surface area contributed by atoms with Crippen LogP contribution in [-0.4, -0.2) is 9.67 Å². The first-order valence-corrected chi connectivity index (χ1v) is 6.21. The summed E-state index contributed by atoms with van der Waals surface area (Å²) in [5.41, 5.74) is 0.842. The van der Waals surface area contributed by atoms with Crippen molar-refractivity contribution in [2.75, 3.05) is 5.32 Å². The van der Waals surface area contributed by atoms with Gasteiger partial charge in [0.2, 0.25) is 0 Å². The number of aromatic nitrogens is 1. The van der Waals surface area contributed by atoms with E-state index in [-0.39, 0.29) is 11.4 Å². The first kappa shape index (κ1) is 13.7. The zero-order valence-corrected chi connectivity index (χ0v) is 11.3. The monoisotopic (exact) mass is 269 g/mol.